The average Bonchev–Trinajstić information content (AvgIpc) is 1.53. The molecule has 2 atom stereocenters. The zero-order valence-corrected chi connectivity index (χ0v) is 61.2. The Bertz CT molecular complexity index is 5150. The molecule has 0 saturated carbocycles. The van der Waals surface area contributed by atoms with E-state index in [1.165, 1.54) is 121 Å². The van der Waals surface area contributed by atoms with E-state index in [1.807, 2.05) is 37.4 Å². The van der Waals surface area contributed by atoms with Crippen molar-refractivity contribution in [2.24, 2.45) is 0 Å². The van der Waals surface area contributed by atoms with E-state index >= 15 is 0 Å². The van der Waals surface area contributed by atoms with Crippen LogP contribution in [0.2, 0.25) is 0 Å². The second-order valence-electron chi connectivity index (χ2n) is 27.7. The van der Waals surface area contributed by atoms with Crippen LogP contribution in [0.4, 0.5) is 34.1 Å². The van der Waals surface area contributed by atoms with Crippen LogP contribution in [-0.2, 0) is 46.0 Å². The standard InChI is InChI=1S/C98H80N2O4S2/c1-3-101-59-61-103-83-47-33-73(34-48-83)97(75-37-53-85(54-38-75)105-87-51-31-69-23-25-71(69)63-87)93-21-13-11-19-89(93)91-57-45-81(65-95(91)97)99(77-15-7-5-8-16-77)79-41-27-67(28-42-79)68-29-43-80(44-30-68)100(78-17-9-6-10-18-78)82-46-58-92-90-20-12-14-22-94(90)98(96(92)66-82,74-35-49-84(50-36-74)104-62-60-102-4-2)76-39-55-86(56-40-76)106-88-52-32-70-24-26-72(70)64-88/h5-22,27-58,63-66H,3-4,23-26,59-62H2,1-2H3. The molecule has 4 aliphatic rings. The van der Waals surface area contributed by atoms with E-state index in [0.29, 0.717) is 39.6 Å². The summed E-state index contributed by atoms with van der Waals surface area (Å²) in [6, 6.07) is 122. The highest BCUT2D eigenvalue weighted by Crippen LogP contribution is 2.60. The van der Waals surface area contributed by atoms with Crippen LogP contribution in [0, 0.1) is 0 Å². The second-order valence-corrected chi connectivity index (χ2v) is 30.0. The van der Waals surface area contributed by atoms with Gasteiger partial charge in [0.2, 0.25) is 0 Å². The van der Waals surface area contributed by atoms with Crippen molar-refractivity contribution in [2.75, 3.05) is 49.4 Å². The van der Waals surface area contributed by atoms with Crippen LogP contribution < -0.4 is 19.3 Å². The molecular weight excluding hydrogens is 1330 g/mol. The minimum Gasteiger partial charge on any atom is -0.491 e. The van der Waals surface area contributed by atoms with Crippen LogP contribution in [0.3, 0.4) is 0 Å². The number of aryl methyl sites for hydroxylation is 4. The maximum atomic E-state index is 6.27. The molecule has 0 amide bonds. The fourth-order valence-electron chi connectivity index (χ4n) is 16.7. The van der Waals surface area contributed by atoms with E-state index in [0.717, 1.165) is 69.6 Å². The number of fused-ring (bicyclic) bond motifs is 8. The lowest BCUT2D eigenvalue weighted by Crippen LogP contribution is -2.28. The molecule has 2 unspecified atom stereocenters. The molecule has 4 aliphatic carbocycles. The van der Waals surface area contributed by atoms with Gasteiger partial charge < -0.3 is 28.7 Å². The SMILES string of the molecule is CCOCCOc1ccc(C2(c3ccc(Sc4ccc5c(c4)CC5)cc3)c3ccccc3-c3ccc(N(c4ccccc4)c4ccc(-c5ccc(N(c6ccccc6)c6ccc7c(c6)C(c6ccc(OCCOCC)cc6)(c6ccc(Sc8ccc9c(c8)CC9)cc6)c6ccccc6-7)cc5)cc4)cc32)cc1. The van der Waals surface area contributed by atoms with Gasteiger partial charge in [-0.15, -0.1) is 0 Å². The molecule has 518 valence electrons. The first-order chi connectivity index (χ1) is 52.4. The Morgan fingerprint density at radius 3 is 0.972 bits per heavy atom. The van der Waals surface area contributed by atoms with Crippen LogP contribution in [-0.4, -0.2) is 39.6 Å². The van der Waals surface area contributed by atoms with Gasteiger partial charge in [-0.2, -0.15) is 0 Å². The van der Waals surface area contributed by atoms with Crippen molar-refractivity contribution in [1.82, 2.24) is 0 Å². The minimum absolute atomic E-state index is 0.486. The van der Waals surface area contributed by atoms with Gasteiger partial charge in [0.1, 0.15) is 24.7 Å². The summed E-state index contributed by atoms with van der Waals surface area (Å²) in [4.78, 5) is 9.81. The van der Waals surface area contributed by atoms with Crippen molar-refractivity contribution in [1.29, 1.82) is 0 Å². The number of rotatable bonds is 25. The summed E-state index contributed by atoms with van der Waals surface area (Å²) in [6.45, 7) is 7.39. The zero-order chi connectivity index (χ0) is 71.0. The Morgan fingerprint density at radius 2 is 0.604 bits per heavy atom. The monoisotopic (exact) mass is 1410 g/mol. The molecule has 106 heavy (non-hydrogen) atoms. The van der Waals surface area contributed by atoms with Crippen molar-refractivity contribution >= 4 is 57.6 Å². The van der Waals surface area contributed by atoms with E-state index in [9.17, 15) is 0 Å². The Hall–Kier alpha value is -11.1. The molecule has 0 aromatic heterocycles. The molecule has 0 fully saturated rings. The first kappa shape index (κ1) is 66.8. The molecule has 0 bridgehead atoms. The molecule has 0 aliphatic heterocycles. The highest BCUT2D eigenvalue weighted by molar-refractivity contribution is 7.99. The third kappa shape index (κ3) is 12.3. The maximum Gasteiger partial charge on any atom is 0.119 e. The summed E-state index contributed by atoms with van der Waals surface area (Å²) in [5.74, 6) is 1.64. The van der Waals surface area contributed by atoms with E-state index in [-0.39, 0.29) is 0 Å². The van der Waals surface area contributed by atoms with Gasteiger partial charge in [0.05, 0.1) is 24.0 Å². The van der Waals surface area contributed by atoms with E-state index in [4.69, 9.17) is 18.9 Å². The smallest absolute Gasteiger partial charge is 0.119 e. The number of hydrogen-bond donors (Lipinski definition) is 0. The highest BCUT2D eigenvalue weighted by atomic mass is 32.2. The fourth-order valence-corrected chi connectivity index (χ4v) is 18.4. The van der Waals surface area contributed by atoms with Crippen LogP contribution in [0.1, 0.15) is 80.6 Å². The number of hydrogen-bond acceptors (Lipinski definition) is 8. The summed E-state index contributed by atoms with van der Waals surface area (Å²) in [6.07, 6.45) is 4.69. The van der Waals surface area contributed by atoms with Crippen LogP contribution in [0.25, 0.3) is 33.4 Å². The van der Waals surface area contributed by atoms with Crippen molar-refractivity contribution in [3.8, 4) is 44.9 Å². The number of anilines is 6. The van der Waals surface area contributed by atoms with E-state index in [1.54, 1.807) is 0 Å². The predicted molar refractivity (Wildman–Crippen MR) is 436 cm³/mol. The third-order valence-electron chi connectivity index (χ3n) is 21.9. The summed E-state index contributed by atoms with van der Waals surface area (Å²) in [5, 5.41) is 0. The third-order valence-corrected chi connectivity index (χ3v) is 23.9. The zero-order valence-electron chi connectivity index (χ0n) is 59.6. The Morgan fingerprint density at radius 1 is 0.274 bits per heavy atom. The Balaban J connectivity index is 0.695. The topological polar surface area (TPSA) is 43.4 Å². The fraction of sp³-hybridized carbons (Fsp3) is 0.143. The quantitative estimate of drug-likeness (QED) is 0.0525. The second kappa shape index (κ2) is 29.1. The molecular formula is C98H80N2O4S2. The number of benzene rings is 14. The summed E-state index contributed by atoms with van der Waals surface area (Å²) in [7, 11) is 0. The molecule has 0 radical (unpaired) electrons. The highest BCUT2D eigenvalue weighted by Gasteiger charge is 2.48. The summed E-state index contributed by atoms with van der Waals surface area (Å²) < 4.78 is 23.9. The minimum atomic E-state index is -0.668. The molecule has 6 nitrogen and oxygen atoms in total. The lowest BCUT2D eigenvalue weighted by molar-refractivity contribution is 0.110. The van der Waals surface area contributed by atoms with Gasteiger partial charge in [0.25, 0.3) is 0 Å². The lowest BCUT2D eigenvalue weighted by Gasteiger charge is -2.35. The lowest BCUT2D eigenvalue weighted by atomic mass is 9.67. The van der Waals surface area contributed by atoms with E-state index < -0.39 is 10.8 Å². The van der Waals surface area contributed by atoms with Crippen LogP contribution in [0.5, 0.6) is 11.5 Å². The van der Waals surface area contributed by atoms with Crippen molar-refractivity contribution in [2.45, 2.75) is 69.9 Å². The van der Waals surface area contributed by atoms with Gasteiger partial charge in [0.15, 0.2) is 0 Å². The van der Waals surface area contributed by atoms with Gasteiger partial charge in [-0.05, 0) is 285 Å². The van der Waals surface area contributed by atoms with Crippen LogP contribution in [0.15, 0.2) is 347 Å². The van der Waals surface area contributed by atoms with Gasteiger partial charge in [-0.1, -0.05) is 206 Å². The maximum absolute atomic E-state index is 6.27. The molecule has 0 spiro atoms. The summed E-state index contributed by atoms with van der Waals surface area (Å²) >= 11 is 3.68. The van der Waals surface area contributed by atoms with Gasteiger partial charge in [-0.25, -0.2) is 0 Å². The average molecular weight is 1410 g/mol. The Kier molecular flexibility index (Phi) is 18.3. The van der Waals surface area contributed by atoms with Crippen molar-refractivity contribution < 1.29 is 18.9 Å². The summed E-state index contributed by atoms with van der Waals surface area (Å²) in [5.41, 5.74) is 27.8. The molecule has 0 N–H and O–H groups in total. The molecule has 0 heterocycles. The normalized spacial score (nSPS) is 15.4. The van der Waals surface area contributed by atoms with Gasteiger partial charge in [-0.3, -0.25) is 0 Å². The number of para-hydroxylation sites is 2. The number of nitrogens with zero attached hydrogens (tertiary/aromatic N) is 2. The predicted octanol–water partition coefficient (Wildman–Crippen LogP) is 24.3. The van der Waals surface area contributed by atoms with Gasteiger partial charge >= 0.3 is 0 Å². The van der Waals surface area contributed by atoms with Crippen molar-refractivity contribution in [3.63, 3.8) is 0 Å². The molecule has 0 saturated heterocycles. The first-order valence-electron chi connectivity index (χ1n) is 37.2. The Labute approximate surface area is 630 Å². The largest absolute Gasteiger partial charge is 0.491 e. The first-order valence-corrected chi connectivity index (χ1v) is 38.9. The molecule has 8 heteroatoms. The molecule has 14 aromatic carbocycles. The molecule has 14 aromatic rings. The van der Waals surface area contributed by atoms with Crippen molar-refractivity contribution in [3.05, 3.63) is 394 Å². The molecule has 18 rings (SSSR count). The number of ether oxygens (including phenoxy) is 4. The van der Waals surface area contributed by atoms with E-state index in [2.05, 4.69) is 337 Å². The van der Waals surface area contributed by atoms with Crippen LogP contribution >= 0.6 is 23.5 Å². The van der Waals surface area contributed by atoms with Gasteiger partial charge in [0, 0.05) is 66.9 Å².